The maximum absolute atomic E-state index is 11.9. The van der Waals surface area contributed by atoms with E-state index in [2.05, 4.69) is 0 Å². The molecule has 0 radical (unpaired) electrons. The van der Waals surface area contributed by atoms with E-state index in [1.165, 1.54) is 5.56 Å². The fraction of sp³-hybridized carbons (Fsp3) is 0.583. The molecule has 1 aliphatic rings. The van der Waals surface area contributed by atoms with Crippen molar-refractivity contribution in [3.8, 4) is 0 Å². The second-order valence-corrected chi connectivity index (χ2v) is 6.13. The highest BCUT2D eigenvalue weighted by molar-refractivity contribution is 7.10. The van der Waals surface area contributed by atoms with Crippen molar-refractivity contribution in [2.24, 2.45) is 11.7 Å². The number of ether oxygens (including phenoxy) is 1. The third-order valence-corrected chi connectivity index (χ3v) is 3.73. The van der Waals surface area contributed by atoms with Gasteiger partial charge < -0.3 is 10.5 Å². The van der Waals surface area contributed by atoms with Crippen LogP contribution in [0.4, 0.5) is 0 Å². The van der Waals surface area contributed by atoms with Gasteiger partial charge in [0.15, 0.2) is 0 Å². The molecular weight excluding hydrogens is 222 g/mol. The number of hydrogen-bond donors (Lipinski definition) is 1. The van der Waals surface area contributed by atoms with Crippen LogP contribution in [0.15, 0.2) is 11.4 Å². The van der Waals surface area contributed by atoms with Gasteiger partial charge in [-0.1, -0.05) is 0 Å². The van der Waals surface area contributed by atoms with Crippen LogP contribution in [0, 0.1) is 5.92 Å². The van der Waals surface area contributed by atoms with Gasteiger partial charge in [-0.25, -0.2) is 0 Å². The average molecular weight is 239 g/mol. The number of rotatable bonds is 1. The van der Waals surface area contributed by atoms with Crippen LogP contribution in [-0.4, -0.2) is 11.6 Å². The Hall–Kier alpha value is -0.870. The van der Waals surface area contributed by atoms with Gasteiger partial charge in [-0.3, -0.25) is 4.79 Å². The summed E-state index contributed by atoms with van der Waals surface area (Å²) < 4.78 is 5.38. The van der Waals surface area contributed by atoms with Gasteiger partial charge >= 0.3 is 5.97 Å². The van der Waals surface area contributed by atoms with Gasteiger partial charge in [-0.2, -0.15) is 0 Å². The molecule has 2 N–H and O–H groups in total. The smallest absolute Gasteiger partial charge is 0.311 e. The Morgan fingerprint density at radius 1 is 1.56 bits per heavy atom. The number of fused-ring (bicyclic) bond motifs is 1. The lowest BCUT2D eigenvalue weighted by molar-refractivity contribution is -0.160. The maximum Gasteiger partial charge on any atom is 0.311 e. The number of nitrogens with two attached hydrogens (primary N) is 1. The first-order chi connectivity index (χ1) is 7.38. The van der Waals surface area contributed by atoms with Crippen LogP contribution >= 0.6 is 11.3 Å². The Bertz CT molecular complexity index is 405. The molecule has 88 valence electrons. The number of carbonyl (C=O) groups is 1. The van der Waals surface area contributed by atoms with Crippen LogP contribution in [0.3, 0.4) is 0 Å². The fourth-order valence-corrected chi connectivity index (χ4v) is 2.97. The number of esters is 1. The summed E-state index contributed by atoms with van der Waals surface area (Å²) in [5.41, 5.74) is 6.83. The SMILES string of the molecule is CC(C)(C)OC(=O)[C@@H]1Cc2ccsc2[C@H]1N. The highest BCUT2D eigenvalue weighted by atomic mass is 32.1. The van der Waals surface area contributed by atoms with Crippen molar-refractivity contribution in [3.63, 3.8) is 0 Å². The Labute approximate surface area is 99.6 Å². The van der Waals surface area contributed by atoms with Crippen LogP contribution in [0.5, 0.6) is 0 Å². The van der Waals surface area contributed by atoms with Gasteiger partial charge in [0.05, 0.1) is 12.0 Å². The van der Waals surface area contributed by atoms with Crippen molar-refractivity contribution >= 4 is 17.3 Å². The molecule has 1 heterocycles. The van der Waals surface area contributed by atoms with Crippen LogP contribution in [0.1, 0.15) is 37.3 Å². The minimum Gasteiger partial charge on any atom is -0.460 e. The zero-order chi connectivity index (χ0) is 11.9. The van der Waals surface area contributed by atoms with Crippen LogP contribution in [-0.2, 0) is 16.0 Å². The predicted octanol–water partition coefficient (Wildman–Crippen LogP) is 2.26. The van der Waals surface area contributed by atoms with Crippen LogP contribution in [0.2, 0.25) is 0 Å². The maximum atomic E-state index is 11.9. The molecule has 0 bridgehead atoms. The summed E-state index contributed by atoms with van der Waals surface area (Å²) in [6.07, 6.45) is 0.717. The molecule has 0 unspecified atom stereocenters. The van der Waals surface area contributed by atoms with Gasteiger partial charge in [-0.05, 0) is 44.2 Å². The Kier molecular flexibility index (Phi) is 2.80. The van der Waals surface area contributed by atoms with E-state index >= 15 is 0 Å². The molecule has 4 heteroatoms. The first kappa shape index (κ1) is 11.6. The van der Waals surface area contributed by atoms with Gasteiger partial charge in [0.1, 0.15) is 5.60 Å². The molecule has 1 aromatic rings. The first-order valence-corrected chi connectivity index (χ1v) is 6.31. The first-order valence-electron chi connectivity index (χ1n) is 5.43. The summed E-state index contributed by atoms with van der Waals surface area (Å²) in [5.74, 6) is -0.384. The van der Waals surface area contributed by atoms with E-state index in [1.807, 2.05) is 32.2 Å². The molecule has 0 fully saturated rings. The molecule has 0 amide bonds. The lowest BCUT2D eigenvalue weighted by Crippen LogP contribution is -2.32. The average Bonchev–Trinajstić information content (AvgIpc) is 2.66. The minimum absolute atomic E-state index is 0.177. The summed E-state index contributed by atoms with van der Waals surface area (Å²) in [6, 6.07) is 1.86. The number of carbonyl (C=O) groups excluding carboxylic acids is 1. The van der Waals surface area contributed by atoms with E-state index in [-0.39, 0.29) is 17.9 Å². The standard InChI is InChI=1S/C12H17NO2S/c1-12(2,3)15-11(14)8-6-7-4-5-16-10(7)9(8)13/h4-5,8-9H,6,13H2,1-3H3/t8-,9+/m1/s1. The summed E-state index contributed by atoms with van der Waals surface area (Å²) >= 11 is 1.63. The van der Waals surface area contributed by atoms with Crippen molar-refractivity contribution in [2.45, 2.75) is 38.8 Å². The summed E-state index contributed by atoms with van der Waals surface area (Å²) in [7, 11) is 0. The van der Waals surface area contributed by atoms with E-state index in [9.17, 15) is 4.79 Å². The lowest BCUT2D eigenvalue weighted by atomic mass is 10.0. The quantitative estimate of drug-likeness (QED) is 0.765. The normalized spacial score (nSPS) is 24.2. The summed E-state index contributed by atoms with van der Waals surface area (Å²) in [4.78, 5) is 13.1. The second-order valence-electron chi connectivity index (χ2n) is 5.18. The molecule has 1 aromatic heterocycles. The molecule has 3 nitrogen and oxygen atoms in total. The Balaban J connectivity index is 2.09. The molecule has 16 heavy (non-hydrogen) atoms. The van der Waals surface area contributed by atoms with Crippen molar-refractivity contribution in [1.29, 1.82) is 0 Å². The second kappa shape index (κ2) is 3.86. The summed E-state index contributed by atoms with van der Waals surface area (Å²) in [5, 5.41) is 2.02. The minimum atomic E-state index is -0.438. The van der Waals surface area contributed by atoms with Gasteiger partial charge in [0.25, 0.3) is 0 Å². The van der Waals surface area contributed by atoms with E-state index in [1.54, 1.807) is 11.3 Å². The highest BCUT2D eigenvalue weighted by Gasteiger charge is 2.38. The van der Waals surface area contributed by atoms with Gasteiger partial charge in [-0.15, -0.1) is 11.3 Å². The Morgan fingerprint density at radius 3 is 2.81 bits per heavy atom. The monoisotopic (exact) mass is 239 g/mol. The van der Waals surface area contributed by atoms with Gasteiger partial charge in [0.2, 0.25) is 0 Å². The molecule has 0 aliphatic heterocycles. The van der Waals surface area contributed by atoms with Crippen molar-refractivity contribution in [2.75, 3.05) is 0 Å². The zero-order valence-electron chi connectivity index (χ0n) is 9.82. The highest BCUT2D eigenvalue weighted by Crippen LogP contribution is 2.39. The lowest BCUT2D eigenvalue weighted by Gasteiger charge is -2.23. The third kappa shape index (κ3) is 2.13. The van der Waals surface area contributed by atoms with E-state index in [0.717, 1.165) is 11.3 Å². The van der Waals surface area contributed by atoms with E-state index in [4.69, 9.17) is 10.5 Å². The number of thiophene rings is 1. The third-order valence-electron chi connectivity index (χ3n) is 2.67. The summed E-state index contributed by atoms with van der Waals surface area (Å²) in [6.45, 7) is 5.63. The van der Waals surface area contributed by atoms with Crippen LogP contribution in [0.25, 0.3) is 0 Å². The molecular formula is C12H17NO2S. The zero-order valence-corrected chi connectivity index (χ0v) is 10.6. The molecule has 0 saturated carbocycles. The molecule has 1 aliphatic carbocycles. The molecule has 2 atom stereocenters. The van der Waals surface area contributed by atoms with E-state index in [0.29, 0.717) is 0 Å². The topological polar surface area (TPSA) is 52.3 Å². The molecule has 0 spiro atoms. The Morgan fingerprint density at radius 2 is 2.25 bits per heavy atom. The van der Waals surface area contributed by atoms with Crippen molar-refractivity contribution in [1.82, 2.24) is 0 Å². The van der Waals surface area contributed by atoms with Crippen LogP contribution < -0.4 is 5.73 Å². The van der Waals surface area contributed by atoms with E-state index < -0.39 is 5.60 Å². The van der Waals surface area contributed by atoms with Crippen molar-refractivity contribution < 1.29 is 9.53 Å². The number of hydrogen-bond acceptors (Lipinski definition) is 4. The van der Waals surface area contributed by atoms with Crippen molar-refractivity contribution in [3.05, 3.63) is 21.9 Å². The molecule has 0 saturated heterocycles. The predicted molar refractivity (Wildman–Crippen MR) is 64.3 cm³/mol. The molecule has 0 aromatic carbocycles. The largest absolute Gasteiger partial charge is 0.460 e. The van der Waals surface area contributed by atoms with Gasteiger partial charge in [0, 0.05) is 4.88 Å². The molecule has 2 rings (SSSR count). The fourth-order valence-electron chi connectivity index (χ4n) is 1.96.